The van der Waals surface area contributed by atoms with Crippen molar-refractivity contribution in [3.8, 4) is 0 Å². The summed E-state index contributed by atoms with van der Waals surface area (Å²) < 4.78 is 11.1. The zero-order chi connectivity index (χ0) is 18.2. The molecule has 0 amide bonds. The van der Waals surface area contributed by atoms with Gasteiger partial charge in [-0.3, -0.25) is 9.59 Å². The van der Waals surface area contributed by atoms with Gasteiger partial charge in [0.25, 0.3) is 0 Å². The topological polar surface area (TPSA) is 52.6 Å². The second-order valence-electron chi connectivity index (χ2n) is 8.84. The normalized spacial score (nSPS) is 41.4. The monoisotopic (exact) mass is 344 g/mol. The first-order chi connectivity index (χ1) is 11.7. The fourth-order valence-corrected chi connectivity index (χ4v) is 6.40. The van der Waals surface area contributed by atoms with Crippen LogP contribution < -0.4 is 0 Å². The lowest BCUT2D eigenvalue weighted by molar-refractivity contribution is -0.138. The first kappa shape index (κ1) is 16.9. The van der Waals surface area contributed by atoms with E-state index < -0.39 is 0 Å². The molecule has 0 spiro atoms. The largest absolute Gasteiger partial charge is 0.431 e. The van der Waals surface area contributed by atoms with Crippen molar-refractivity contribution in [3.05, 3.63) is 22.7 Å². The molecule has 0 N–H and O–H groups in total. The SMILES string of the molecule is CC(=O)OC(=C(C)C)C1[C@H]2C3CC([C@@H]4C(C(OC(C)=O)=C(C)C)[C@H]34)[C@@H]12. The van der Waals surface area contributed by atoms with Crippen LogP contribution in [-0.2, 0) is 19.1 Å². The lowest BCUT2D eigenvalue weighted by Gasteiger charge is -2.20. The second kappa shape index (κ2) is 5.46. The highest BCUT2D eigenvalue weighted by Crippen LogP contribution is 2.83. The molecule has 4 rings (SSSR count). The van der Waals surface area contributed by atoms with Gasteiger partial charge in [-0.2, -0.15) is 0 Å². The molecular weight excluding hydrogens is 316 g/mol. The van der Waals surface area contributed by atoms with Gasteiger partial charge in [0, 0.05) is 25.7 Å². The van der Waals surface area contributed by atoms with Crippen LogP contribution >= 0.6 is 0 Å². The summed E-state index contributed by atoms with van der Waals surface area (Å²) in [5.74, 6) is 6.37. The number of carbonyl (C=O) groups excluding carboxylic acids is 2. The van der Waals surface area contributed by atoms with Crippen molar-refractivity contribution < 1.29 is 19.1 Å². The summed E-state index contributed by atoms with van der Waals surface area (Å²) in [7, 11) is 0. The van der Waals surface area contributed by atoms with Crippen LogP contribution in [0.5, 0.6) is 0 Å². The Bertz CT molecular complexity index is 627. The maximum Gasteiger partial charge on any atom is 0.307 e. The maximum atomic E-state index is 11.5. The Hall–Kier alpha value is -1.58. The summed E-state index contributed by atoms with van der Waals surface area (Å²) in [6, 6.07) is 0. The molecule has 0 aromatic heterocycles. The van der Waals surface area contributed by atoms with E-state index >= 15 is 0 Å². The number of rotatable bonds is 4. The molecule has 4 aliphatic carbocycles. The van der Waals surface area contributed by atoms with E-state index in [1.54, 1.807) is 0 Å². The maximum absolute atomic E-state index is 11.5. The van der Waals surface area contributed by atoms with Gasteiger partial charge in [-0.15, -0.1) is 0 Å². The Morgan fingerprint density at radius 2 is 0.960 bits per heavy atom. The summed E-state index contributed by atoms with van der Waals surface area (Å²) in [5.41, 5.74) is 2.26. The fraction of sp³-hybridized carbons (Fsp3) is 0.714. The van der Waals surface area contributed by atoms with Crippen molar-refractivity contribution >= 4 is 11.9 Å². The highest BCUT2D eigenvalue weighted by Gasteiger charge is 2.80. The van der Waals surface area contributed by atoms with Crippen LogP contribution in [0, 0.1) is 47.3 Å². The van der Waals surface area contributed by atoms with Gasteiger partial charge in [-0.1, -0.05) is 0 Å². The van der Waals surface area contributed by atoms with E-state index in [1.165, 1.54) is 20.3 Å². The highest BCUT2D eigenvalue weighted by atomic mass is 16.5. The Morgan fingerprint density at radius 1 is 0.640 bits per heavy atom. The van der Waals surface area contributed by atoms with E-state index in [2.05, 4.69) is 0 Å². The van der Waals surface area contributed by atoms with E-state index in [4.69, 9.17) is 9.47 Å². The molecule has 0 aromatic carbocycles. The van der Waals surface area contributed by atoms with Gasteiger partial charge in [0.15, 0.2) is 0 Å². The Morgan fingerprint density at radius 3 is 1.20 bits per heavy atom. The van der Waals surface area contributed by atoms with Gasteiger partial charge < -0.3 is 9.47 Å². The number of hydrogen-bond acceptors (Lipinski definition) is 4. The summed E-state index contributed by atoms with van der Waals surface area (Å²) >= 11 is 0. The quantitative estimate of drug-likeness (QED) is 0.570. The van der Waals surface area contributed by atoms with E-state index in [0.29, 0.717) is 47.3 Å². The molecule has 4 nitrogen and oxygen atoms in total. The minimum Gasteiger partial charge on any atom is -0.431 e. The van der Waals surface area contributed by atoms with E-state index in [-0.39, 0.29) is 11.9 Å². The van der Waals surface area contributed by atoms with Gasteiger partial charge in [0.05, 0.1) is 0 Å². The number of esters is 2. The Labute approximate surface area is 149 Å². The minimum atomic E-state index is -0.210. The number of allylic oxidation sites excluding steroid dienone is 4. The second-order valence-corrected chi connectivity index (χ2v) is 8.84. The summed E-state index contributed by atoms with van der Waals surface area (Å²) in [4.78, 5) is 22.9. The van der Waals surface area contributed by atoms with Gasteiger partial charge in [0.2, 0.25) is 0 Å². The van der Waals surface area contributed by atoms with Crippen molar-refractivity contribution in [1.29, 1.82) is 0 Å². The molecule has 4 heteroatoms. The van der Waals surface area contributed by atoms with Crippen molar-refractivity contribution in [1.82, 2.24) is 0 Å². The molecule has 0 aromatic rings. The molecule has 0 radical (unpaired) electrons. The molecule has 4 saturated carbocycles. The average molecular weight is 344 g/mol. The predicted octanol–water partition coefficient (Wildman–Crippen LogP) is 4.07. The molecule has 136 valence electrons. The minimum absolute atomic E-state index is 0.210. The van der Waals surface area contributed by atoms with E-state index in [1.807, 2.05) is 27.7 Å². The highest BCUT2D eigenvalue weighted by molar-refractivity contribution is 5.68. The van der Waals surface area contributed by atoms with Crippen LogP contribution in [0.25, 0.3) is 0 Å². The molecule has 4 unspecified atom stereocenters. The Kier molecular flexibility index (Phi) is 3.68. The zero-order valence-corrected chi connectivity index (χ0v) is 16.0. The Balaban J connectivity index is 1.52. The molecular formula is C21H28O4. The zero-order valence-electron chi connectivity index (χ0n) is 16.0. The fourth-order valence-electron chi connectivity index (χ4n) is 6.40. The predicted molar refractivity (Wildman–Crippen MR) is 92.8 cm³/mol. The summed E-state index contributed by atoms with van der Waals surface area (Å²) in [6.45, 7) is 11.1. The van der Waals surface area contributed by atoms with Crippen LogP contribution in [0.3, 0.4) is 0 Å². The van der Waals surface area contributed by atoms with Crippen LogP contribution in [0.15, 0.2) is 22.7 Å². The lowest BCUT2D eigenvalue weighted by Crippen LogP contribution is -2.15. The molecule has 8 atom stereocenters. The first-order valence-electron chi connectivity index (χ1n) is 9.45. The molecule has 0 saturated heterocycles. The smallest absolute Gasteiger partial charge is 0.307 e. The molecule has 0 heterocycles. The van der Waals surface area contributed by atoms with Crippen LogP contribution in [0.4, 0.5) is 0 Å². The van der Waals surface area contributed by atoms with Crippen molar-refractivity contribution in [2.45, 2.75) is 48.0 Å². The third-order valence-corrected chi connectivity index (χ3v) is 6.89. The van der Waals surface area contributed by atoms with E-state index in [9.17, 15) is 9.59 Å². The lowest BCUT2D eigenvalue weighted by atomic mass is 9.90. The van der Waals surface area contributed by atoms with Crippen molar-refractivity contribution in [3.63, 3.8) is 0 Å². The molecule has 4 aliphatic rings. The van der Waals surface area contributed by atoms with Gasteiger partial charge in [-0.05, 0) is 80.8 Å². The molecule has 2 bridgehead atoms. The van der Waals surface area contributed by atoms with Crippen LogP contribution in [0.2, 0.25) is 0 Å². The number of carbonyl (C=O) groups is 2. The van der Waals surface area contributed by atoms with Gasteiger partial charge in [0.1, 0.15) is 11.5 Å². The molecule has 0 aliphatic heterocycles. The number of hydrogen-bond donors (Lipinski definition) is 0. The van der Waals surface area contributed by atoms with E-state index in [0.717, 1.165) is 22.7 Å². The number of fused-ring (bicyclic) bond motifs is 8. The summed E-state index contributed by atoms with van der Waals surface area (Å²) in [5, 5.41) is 0. The third kappa shape index (κ3) is 2.40. The van der Waals surface area contributed by atoms with Crippen LogP contribution in [-0.4, -0.2) is 11.9 Å². The number of ether oxygens (including phenoxy) is 2. The van der Waals surface area contributed by atoms with Gasteiger partial charge >= 0.3 is 11.9 Å². The van der Waals surface area contributed by atoms with Gasteiger partial charge in [-0.25, -0.2) is 0 Å². The molecule has 25 heavy (non-hydrogen) atoms. The standard InChI is InChI=1S/C21H28O4/c1-8(2)20(24-10(5)22)18-14-12-7-13(15(14)18)17-16(12)19(17)21(9(3)4)25-11(6)23/h12-19H,7H2,1-6H3/t12?,13?,14-,15+,16+,17-,18?,19?. The summed E-state index contributed by atoms with van der Waals surface area (Å²) in [6.07, 6.45) is 1.31. The average Bonchev–Trinajstić information content (AvgIpc) is 3.35. The molecule has 4 fully saturated rings. The van der Waals surface area contributed by atoms with Crippen molar-refractivity contribution in [2.24, 2.45) is 47.3 Å². The first-order valence-corrected chi connectivity index (χ1v) is 9.45. The third-order valence-electron chi connectivity index (χ3n) is 6.89. The van der Waals surface area contributed by atoms with Crippen molar-refractivity contribution in [2.75, 3.05) is 0 Å². The van der Waals surface area contributed by atoms with Crippen LogP contribution in [0.1, 0.15) is 48.0 Å².